The van der Waals surface area contributed by atoms with Gasteiger partial charge in [-0.3, -0.25) is 4.79 Å². The van der Waals surface area contributed by atoms with Crippen molar-refractivity contribution in [3.8, 4) is 0 Å². The van der Waals surface area contributed by atoms with E-state index in [4.69, 9.17) is 10.9 Å². The third-order valence-corrected chi connectivity index (χ3v) is 5.21. The largest absolute Gasteiger partial charge is 0.409 e. The zero-order valence-electron chi connectivity index (χ0n) is 12.4. The highest BCUT2D eigenvalue weighted by atomic mass is 16.4. The maximum atomic E-state index is 12.7. The summed E-state index contributed by atoms with van der Waals surface area (Å²) in [5, 5.41) is 15.3. The minimum absolute atomic E-state index is 0.0492. The van der Waals surface area contributed by atoms with E-state index in [1.54, 1.807) is 0 Å². The van der Waals surface area contributed by atoms with Crippen molar-refractivity contribution in [2.24, 2.45) is 22.2 Å². The molecule has 5 heteroatoms. The van der Waals surface area contributed by atoms with E-state index >= 15 is 0 Å². The number of nitrogens with one attached hydrogen (secondary N) is 1. The van der Waals surface area contributed by atoms with Crippen LogP contribution >= 0.6 is 0 Å². The van der Waals surface area contributed by atoms with E-state index in [9.17, 15) is 4.79 Å². The Balaban J connectivity index is 2.06. The number of carbonyl (C=O) groups is 1. The Kier molecular flexibility index (Phi) is 4.89. The summed E-state index contributed by atoms with van der Waals surface area (Å²) in [6.07, 6.45) is 9.32. The molecule has 0 aromatic heterocycles. The number of amides is 1. The second kappa shape index (κ2) is 6.46. The van der Waals surface area contributed by atoms with Crippen LogP contribution in [0.4, 0.5) is 0 Å². The molecule has 0 saturated heterocycles. The summed E-state index contributed by atoms with van der Waals surface area (Å²) < 4.78 is 0. The van der Waals surface area contributed by atoms with E-state index < -0.39 is 5.41 Å². The first-order valence-electron chi connectivity index (χ1n) is 7.89. The van der Waals surface area contributed by atoms with Gasteiger partial charge in [-0.2, -0.15) is 0 Å². The normalized spacial score (nSPS) is 25.4. The van der Waals surface area contributed by atoms with Crippen LogP contribution in [0.15, 0.2) is 5.16 Å². The Hall–Kier alpha value is -1.26. The van der Waals surface area contributed by atoms with Crippen LogP contribution in [0.25, 0.3) is 0 Å². The molecule has 1 amide bonds. The molecule has 0 bridgehead atoms. The maximum absolute atomic E-state index is 12.7. The van der Waals surface area contributed by atoms with Gasteiger partial charge in [-0.05, 0) is 38.5 Å². The maximum Gasteiger partial charge on any atom is 0.234 e. The van der Waals surface area contributed by atoms with Crippen LogP contribution in [-0.2, 0) is 4.79 Å². The lowest BCUT2D eigenvalue weighted by Crippen LogP contribution is -2.53. The van der Waals surface area contributed by atoms with E-state index in [0.29, 0.717) is 18.8 Å². The third-order valence-electron chi connectivity index (χ3n) is 5.21. The fourth-order valence-corrected chi connectivity index (χ4v) is 3.77. The Morgan fingerprint density at radius 2 is 1.85 bits per heavy atom. The Bertz CT molecular complexity index is 369. The number of carbonyl (C=O) groups excluding carboxylic acids is 1. The Morgan fingerprint density at radius 1 is 1.25 bits per heavy atom. The van der Waals surface area contributed by atoms with Crippen LogP contribution in [-0.4, -0.2) is 23.0 Å². The molecule has 1 atom stereocenters. The van der Waals surface area contributed by atoms with E-state index in [-0.39, 0.29) is 17.8 Å². The standard InChI is InChI=1S/C15H27N3O2/c1-11(12-7-3-4-8-12)17-14(19)15(13(16)18-20)9-5-2-6-10-15/h11-12,20H,2-10H2,1H3,(H2,16,18)(H,17,19). The van der Waals surface area contributed by atoms with Gasteiger partial charge in [0.25, 0.3) is 0 Å². The summed E-state index contributed by atoms with van der Waals surface area (Å²) in [5.74, 6) is 0.604. The molecule has 2 fully saturated rings. The molecule has 0 aromatic carbocycles. The topological polar surface area (TPSA) is 87.7 Å². The van der Waals surface area contributed by atoms with E-state index in [1.807, 2.05) is 0 Å². The molecule has 2 saturated carbocycles. The van der Waals surface area contributed by atoms with Crippen molar-refractivity contribution in [3.05, 3.63) is 0 Å². The molecule has 0 heterocycles. The van der Waals surface area contributed by atoms with E-state index in [2.05, 4.69) is 17.4 Å². The monoisotopic (exact) mass is 281 g/mol. The fraction of sp³-hybridized carbons (Fsp3) is 0.867. The van der Waals surface area contributed by atoms with Crippen LogP contribution < -0.4 is 11.1 Å². The van der Waals surface area contributed by atoms with Gasteiger partial charge in [-0.25, -0.2) is 0 Å². The number of oxime groups is 1. The lowest BCUT2D eigenvalue weighted by Gasteiger charge is -2.36. The average molecular weight is 281 g/mol. The van der Waals surface area contributed by atoms with Gasteiger partial charge >= 0.3 is 0 Å². The quantitative estimate of drug-likeness (QED) is 0.320. The van der Waals surface area contributed by atoms with Crippen molar-refractivity contribution in [2.45, 2.75) is 70.8 Å². The summed E-state index contributed by atoms with van der Waals surface area (Å²) in [5.41, 5.74) is 5.06. The lowest BCUT2D eigenvalue weighted by molar-refractivity contribution is -0.130. The molecule has 0 aliphatic heterocycles. The first-order chi connectivity index (χ1) is 9.60. The highest BCUT2D eigenvalue weighted by Crippen LogP contribution is 2.37. The Labute approximate surface area is 121 Å². The predicted molar refractivity (Wildman–Crippen MR) is 78.5 cm³/mol. The van der Waals surface area contributed by atoms with Gasteiger partial charge in [0.05, 0.1) is 0 Å². The van der Waals surface area contributed by atoms with Crippen molar-refractivity contribution >= 4 is 11.7 Å². The van der Waals surface area contributed by atoms with Crippen LogP contribution in [0, 0.1) is 11.3 Å². The molecule has 4 N–H and O–H groups in total. The molecule has 20 heavy (non-hydrogen) atoms. The molecule has 2 aliphatic rings. The minimum atomic E-state index is -0.792. The van der Waals surface area contributed by atoms with Gasteiger partial charge in [0, 0.05) is 6.04 Å². The molecule has 1 unspecified atom stereocenters. The van der Waals surface area contributed by atoms with Crippen molar-refractivity contribution in [3.63, 3.8) is 0 Å². The van der Waals surface area contributed by atoms with Crippen molar-refractivity contribution in [1.82, 2.24) is 5.32 Å². The molecule has 2 aliphatic carbocycles. The predicted octanol–water partition coefficient (Wildman–Crippen LogP) is 2.38. The molecular formula is C15H27N3O2. The first-order valence-corrected chi connectivity index (χ1v) is 7.89. The highest BCUT2D eigenvalue weighted by molar-refractivity contribution is 6.06. The molecular weight excluding hydrogens is 254 g/mol. The zero-order chi connectivity index (χ0) is 14.6. The number of hydrogen-bond acceptors (Lipinski definition) is 3. The van der Waals surface area contributed by atoms with Gasteiger partial charge < -0.3 is 16.3 Å². The van der Waals surface area contributed by atoms with Gasteiger partial charge in [0.2, 0.25) is 5.91 Å². The van der Waals surface area contributed by atoms with Crippen LogP contribution in [0.1, 0.15) is 64.7 Å². The second-order valence-corrected chi connectivity index (χ2v) is 6.43. The summed E-state index contributed by atoms with van der Waals surface area (Å²) in [6.45, 7) is 2.08. The van der Waals surface area contributed by atoms with E-state index in [0.717, 1.165) is 19.3 Å². The number of nitrogens with zero attached hydrogens (tertiary/aromatic N) is 1. The fourth-order valence-electron chi connectivity index (χ4n) is 3.77. The molecule has 0 spiro atoms. The lowest BCUT2D eigenvalue weighted by atomic mass is 9.72. The van der Waals surface area contributed by atoms with Crippen LogP contribution in [0.2, 0.25) is 0 Å². The summed E-state index contributed by atoms with van der Waals surface area (Å²) in [7, 11) is 0. The molecule has 114 valence electrons. The third kappa shape index (κ3) is 2.91. The highest BCUT2D eigenvalue weighted by Gasteiger charge is 2.44. The van der Waals surface area contributed by atoms with Gasteiger partial charge in [-0.1, -0.05) is 37.3 Å². The van der Waals surface area contributed by atoms with Crippen molar-refractivity contribution in [2.75, 3.05) is 0 Å². The number of nitrogens with two attached hydrogens (primary N) is 1. The van der Waals surface area contributed by atoms with Crippen LogP contribution in [0.5, 0.6) is 0 Å². The smallest absolute Gasteiger partial charge is 0.234 e. The molecule has 5 nitrogen and oxygen atoms in total. The number of hydrogen-bond donors (Lipinski definition) is 3. The summed E-state index contributed by atoms with van der Waals surface area (Å²) in [6, 6.07) is 0.176. The SMILES string of the molecule is CC(NC(=O)C1(C(N)=NO)CCCCC1)C1CCCC1. The zero-order valence-corrected chi connectivity index (χ0v) is 12.4. The van der Waals surface area contributed by atoms with Gasteiger partial charge in [0.1, 0.15) is 5.41 Å². The average Bonchev–Trinajstić information content (AvgIpc) is 3.01. The van der Waals surface area contributed by atoms with Gasteiger partial charge in [0.15, 0.2) is 5.84 Å². The summed E-state index contributed by atoms with van der Waals surface area (Å²) >= 11 is 0. The number of rotatable bonds is 4. The van der Waals surface area contributed by atoms with Crippen LogP contribution in [0.3, 0.4) is 0 Å². The second-order valence-electron chi connectivity index (χ2n) is 6.43. The summed E-state index contributed by atoms with van der Waals surface area (Å²) in [4.78, 5) is 12.7. The van der Waals surface area contributed by atoms with Gasteiger partial charge in [-0.15, -0.1) is 0 Å². The van der Waals surface area contributed by atoms with E-state index in [1.165, 1.54) is 25.7 Å². The molecule has 2 rings (SSSR count). The molecule has 0 aromatic rings. The number of amidine groups is 1. The first kappa shape index (κ1) is 15.1. The molecule has 0 radical (unpaired) electrons. The van der Waals surface area contributed by atoms with Crippen molar-refractivity contribution in [1.29, 1.82) is 0 Å². The van der Waals surface area contributed by atoms with Crippen molar-refractivity contribution < 1.29 is 10.0 Å². The Morgan fingerprint density at radius 3 is 2.40 bits per heavy atom. The minimum Gasteiger partial charge on any atom is -0.409 e.